The van der Waals surface area contributed by atoms with Gasteiger partial charge in [-0.25, -0.2) is 69.5 Å². The Morgan fingerprint density at radius 1 is 0.250 bits per heavy atom. The zero-order valence-corrected chi connectivity index (χ0v) is 59.9. The second-order valence-electron chi connectivity index (χ2n) is 23.5. The van der Waals surface area contributed by atoms with Crippen LogP contribution in [0.25, 0.3) is 44.5 Å². The van der Waals surface area contributed by atoms with E-state index < -0.39 is 219 Å². The van der Waals surface area contributed by atoms with Crippen molar-refractivity contribution in [1.82, 2.24) is 0 Å². The molecule has 0 fully saturated rings. The maximum atomic E-state index is 14.9. The second kappa shape index (κ2) is 31.4. The Morgan fingerprint density at radius 2 is 0.455 bits per heavy atom. The normalized spacial score (nSPS) is 11.8. The number of sulfone groups is 2. The lowest BCUT2D eigenvalue weighted by Gasteiger charge is -2.15. The van der Waals surface area contributed by atoms with E-state index in [1.54, 1.807) is 87.0 Å². The van der Waals surface area contributed by atoms with Gasteiger partial charge in [-0.2, -0.15) is 34.4 Å². The smallest absolute Gasteiger partial charge is 0.298 e. The minimum Gasteiger partial charge on any atom is -0.497 e. The van der Waals surface area contributed by atoms with E-state index in [2.05, 4.69) is 0 Å². The first-order valence-electron chi connectivity index (χ1n) is 31.2. The Bertz CT molecular complexity index is 5770. The molecule has 0 bridgehead atoms. The number of hydrogen-bond donors (Lipinski definition) is 2. The van der Waals surface area contributed by atoms with Crippen molar-refractivity contribution in [1.29, 1.82) is 0 Å². The molecule has 16 nitrogen and oxygen atoms in total. The molecule has 0 spiro atoms. The number of methoxy groups -OCH3 is 2. The fourth-order valence-corrected chi connectivity index (χ4v) is 14.8. The molecule has 12 rings (SSSR count). The lowest BCUT2D eigenvalue weighted by molar-refractivity contribution is 0.366. The maximum absolute atomic E-state index is 14.9. The molecule has 0 aliphatic heterocycles. The van der Waals surface area contributed by atoms with Gasteiger partial charge < -0.3 is 28.4 Å². The summed E-state index contributed by atoms with van der Waals surface area (Å²) in [6.07, 6.45) is 0. The van der Waals surface area contributed by atoms with E-state index in [4.69, 9.17) is 28.4 Å². The van der Waals surface area contributed by atoms with Crippen LogP contribution in [0.15, 0.2) is 211 Å². The van der Waals surface area contributed by atoms with Gasteiger partial charge >= 0.3 is 0 Å². The molecule has 0 aliphatic rings. The highest BCUT2D eigenvalue weighted by molar-refractivity contribution is 7.92. The third-order valence-electron chi connectivity index (χ3n) is 16.6. The molecule has 36 heteroatoms. The molecule has 0 aliphatic carbocycles. The quantitative estimate of drug-likeness (QED) is 0.0410. The van der Waals surface area contributed by atoms with Crippen molar-refractivity contribution in [3.63, 3.8) is 0 Å². The van der Waals surface area contributed by atoms with E-state index >= 15 is 0 Å². The van der Waals surface area contributed by atoms with Crippen molar-refractivity contribution in [2.45, 2.75) is 43.2 Å². The molecule has 112 heavy (non-hydrogen) atoms. The van der Waals surface area contributed by atoms with Crippen LogP contribution < -0.4 is 28.4 Å². The van der Waals surface area contributed by atoms with E-state index in [9.17, 15) is 113 Å². The van der Waals surface area contributed by atoms with Crippen LogP contribution in [0.1, 0.15) is 11.1 Å². The minimum absolute atomic E-state index is 0.187. The van der Waals surface area contributed by atoms with Gasteiger partial charge in [0, 0.05) is 11.1 Å². The molecule has 0 heterocycles. The van der Waals surface area contributed by atoms with Crippen molar-refractivity contribution in [2.75, 3.05) is 14.2 Å². The molecule has 0 atom stereocenters. The summed E-state index contributed by atoms with van der Waals surface area (Å²) in [5, 5.41) is 0. The molecule has 0 saturated carbocycles. The Hall–Kier alpha value is -12.0. The van der Waals surface area contributed by atoms with Crippen molar-refractivity contribution in [3.05, 3.63) is 286 Å². The Balaban J connectivity index is 0.000000223. The van der Waals surface area contributed by atoms with Crippen LogP contribution in [0.5, 0.6) is 57.5 Å². The highest BCUT2D eigenvalue weighted by Gasteiger charge is 2.37. The van der Waals surface area contributed by atoms with Gasteiger partial charge in [0.25, 0.3) is 20.2 Å². The average Bonchev–Trinajstić information content (AvgIpc) is 0.742. The molecule has 0 aromatic heterocycles. The first-order chi connectivity index (χ1) is 52.7. The standard InChI is InChI=1S/C38H14F16O4S.C38H30O12S3/c1-11-21(39)25(43)17(26(44)22(11)40)19-29(47)33(51)37(34(52)30(19)48)57-13-3-7-15(8-4-13)59(55,56)16-9-5-14(6-10-16)58-38-35(53)31(49)20(32(50)36(38)54)18-27(45)23(41)12(2)24(42)28(18)46;1-47-29-11-3-25(4-12-29)27-7-15-31(16-8-27)49-35-21-19-33(23-37(35)52(41,42)43)51(39,40)34-20-22-36(38(24-34)53(44,45)46)50-32-17-9-28(10-18-32)26-5-13-30(48-2)14-6-26/h3-10H,1-2H3;3-24H,1-2H3,(H,41,42,43)(H,44,45,46). The summed E-state index contributed by atoms with van der Waals surface area (Å²) in [5.74, 6) is -42.0. The highest BCUT2D eigenvalue weighted by atomic mass is 32.2. The fraction of sp³-hybridized carbons (Fsp3) is 0.0526. The molecule has 0 saturated heterocycles. The summed E-state index contributed by atoms with van der Waals surface area (Å²) in [7, 11) is -16.2. The van der Waals surface area contributed by atoms with E-state index in [0.29, 0.717) is 61.7 Å². The van der Waals surface area contributed by atoms with Gasteiger partial charge in [-0.1, -0.05) is 48.5 Å². The largest absolute Gasteiger partial charge is 0.497 e. The fourth-order valence-electron chi connectivity index (χ4n) is 10.8. The predicted octanol–water partition coefficient (Wildman–Crippen LogP) is 20.2. The number of ether oxygens (including phenoxy) is 6. The zero-order valence-electron chi connectivity index (χ0n) is 56.6. The third-order valence-corrected chi connectivity index (χ3v) is 21.9. The molecule has 0 radical (unpaired) electrons. The predicted molar refractivity (Wildman–Crippen MR) is 366 cm³/mol. The van der Waals surface area contributed by atoms with Gasteiger partial charge in [-0.15, -0.1) is 0 Å². The van der Waals surface area contributed by atoms with Gasteiger partial charge in [0.2, 0.25) is 54.4 Å². The molecule has 0 amide bonds. The van der Waals surface area contributed by atoms with Crippen molar-refractivity contribution in [3.8, 4) is 102 Å². The zero-order chi connectivity index (χ0) is 81.7. The summed E-state index contributed by atoms with van der Waals surface area (Å²) in [6.45, 7) is 1.14. The van der Waals surface area contributed by atoms with Crippen LogP contribution in [0.4, 0.5) is 70.2 Å². The topological polar surface area (TPSA) is 232 Å². The summed E-state index contributed by atoms with van der Waals surface area (Å²) in [6, 6.07) is 39.0. The monoisotopic (exact) mass is 1640 g/mol. The number of benzene rings is 12. The van der Waals surface area contributed by atoms with Gasteiger partial charge in [0.15, 0.2) is 69.8 Å². The molecular weight excluding hydrogens is 1600 g/mol. The first-order valence-corrected chi connectivity index (χ1v) is 37.1. The van der Waals surface area contributed by atoms with E-state index in [-0.39, 0.29) is 23.0 Å². The van der Waals surface area contributed by atoms with Gasteiger partial charge in [0.05, 0.1) is 56.1 Å². The van der Waals surface area contributed by atoms with Crippen LogP contribution in [0.2, 0.25) is 0 Å². The van der Waals surface area contributed by atoms with Crippen LogP contribution in [-0.2, 0) is 39.9 Å². The summed E-state index contributed by atoms with van der Waals surface area (Å²) in [5.41, 5.74) is -7.64. The van der Waals surface area contributed by atoms with Gasteiger partial charge in [-0.3, -0.25) is 9.11 Å². The van der Waals surface area contributed by atoms with Crippen LogP contribution in [0.3, 0.4) is 0 Å². The van der Waals surface area contributed by atoms with Crippen molar-refractivity contribution >= 4 is 39.9 Å². The Morgan fingerprint density at radius 3 is 0.696 bits per heavy atom. The van der Waals surface area contributed by atoms with E-state index in [1.807, 2.05) is 24.3 Å². The molecule has 2 N–H and O–H groups in total. The molecule has 580 valence electrons. The Kier molecular flexibility index (Phi) is 22.7. The molecule has 12 aromatic carbocycles. The maximum Gasteiger partial charge on any atom is 0.298 e. The van der Waals surface area contributed by atoms with Crippen LogP contribution >= 0.6 is 0 Å². The lowest BCUT2D eigenvalue weighted by atomic mass is 9.99. The number of rotatable bonds is 20. The number of hydrogen-bond acceptors (Lipinski definition) is 14. The SMILES string of the molecule is COc1ccc(-c2ccc(Oc3ccc(S(=O)(=O)c4ccc(Oc5ccc(-c6ccc(OC)cc6)cc5)c(S(=O)(=O)O)c4)cc3S(=O)(=O)O)cc2)cc1.Cc1c(F)c(F)c(-c2c(F)c(F)c(Oc3ccc(S(=O)(=O)c4ccc(Oc5c(F)c(F)c(-c6c(F)c(F)c(C)c(F)c6F)c(F)c5F)cc4)cc3)c(F)c2F)c(F)c1F. The van der Waals surface area contributed by atoms with Crippen molar-refractivity contribution < 1.29 is 141 Å². The first kappa shape index (κ1) is 81.0. The second-order valence-corrected chi connectivity index (χ2v) is 30.1. The van der Waals surface area contributed by atoms with E-state index in [0.717, 1.165) is 70.8 Å². The number of halogens is 16. The summed E-state index contributed by atoms with van der Waals surface area (Å²) in [4.78, 5) is -4.19. The summed E-state index contributed by atoms with van der Waals surface area (Å²) < 4.78 is 389. The van der Waals surface area contributed by atoms with Crippen molar-refractivity contribution in [2.24, 2.45) is 0 Å². The van der Waals surface area contributed by atoms with Gasteiger partial charge in [0.1, 0.15) is 55.8 Å². The van der Waals surface area contributed by atoms with E-state index in [1.165, 1.54) is 0 Å². The van der Waals surface area contributed by atoms with Crippen LogP contribution in [-0.4, -0.2) is 57.0 Å². The third kappa shape index (κ3) is 15.8. The Labute approximate surface area is 623 Å². The molecular formula is C76H44F16O16S4. The summed E-state index contributed by atoms with van der Waals surface area (Å²) >= 11 is 0. The molecule has 12 aromatic rings. The highest BCUT2D eigenvalue weighted by Crippen LogP contribution is 2.45. The minimum atomic E-state index is -5.04. The van der Waals surface area contributed by atoms with Gasteiger partial charge in [-0.05, 0) is 170 Å². The average molecular weight is 1650 g/mol. The lowest BCUT2D eigenvalue weighted by Crippen LogP contribution is -2.09. The molecule has 0 unspecified atom stereocenters. The van der Waals surface area contributed by atoms with Crippen LogP contribution in [0, 0.1) is 107 Å².